The average molecular weight is 1200 g/mol. The number of hydrogen-bond acceptors (Lipinski definition) is 4. The molecule has 0 atom stereocenters. The smallest absolute Gasteiger partial charge is 0.135 e. The molecule has 6 heteroatoms. The number of aromatic nitrogens is 2. The summed E-state index contributed by atoms with van der Waals surface area (Å²) in [7, 11) is 0. The normalized spacial score (nSPS) is 12.8. The van der Waals surface area contributed by atoms with Gasteiger partial charge in [-0.2, -0.15) is 12.1 Å². The van der Waals surface area contributed by atoms with Crippen molar-refractivity contribution in [2.45, 2.75) is 77.6 Å². The van der Waals surface area contributed by atoms with Gasteiger partial charge < -0.3 is 19.1 Å². The Bertz CT molecular complexity index is 3940. The minimum absolute atomic E-state index is 0. The molecule has 0 aliphatic carbocycles. The molecule has 0 amide bonds. The zero-order valence-electron chi connectivity index (χ0n) is 45.5. The minimum Gasteiger partial charge on any atom is -0.509 e. The van der Waals surface area contributed by atoms with Crippen LogP contribution in [0.4, 0.5) is 22.7 Å². The van der Waals surface area contributed by atoms with Crippen LogP contribution in [-0.2, 0) is 37.3 Å². The number of pyridine rings is 1. The predicted octanol–water partition coefficient (Wildman–Crippen LogP) is 18.7. The van der Waals surface area contributed by atoms with E-state index in [2.05, 4.69) is 295 Å². The fourth-order valence-corrected chi connectivity index (χ4v) is 11.4. The number of ether oxygens (including phenoxy) is 1. The van der Waals surface area contributed by atoms with E-state index in [4.69, 9.17) is 9.72 Å². The Morgan fingerprint density at radius 1 is 0.474 bits per heavy atom. The molecule has 12 rings (SSSR count). The van der Waals surface area contributed by atoms with Crippen LogP contribution in [0.3, 0.4) is 0 Å². The number of rotatable bonds is 13. The molecular weight excluding hydrogens is 1130 g/mol. The van der Waals surface area contributed by atoms with Crippen molar-refractivity contribution in [1.29, 1.82) is 0 Å². The second-order valence-corrected chi connectivity index (χ2v) is 22.4. The Kier molecular flexibility index (Phi) is 13.9. The maximum atomic E-state index is 6.84. The van der Waals surface area contributed by atoms with E-state index in [1.54, 1.807) is 0 Å². The second kappa shape index (κ2) is 20.8. The largest absolute Gasteiger partial charge is 0.509 e. The van der Waals surface area contributed by atoms with Crippen molar-refractivity contribution in [3.63, 3.8) is 0 Å². The van der Waals surface area contributed by atoms with Crippen molar-refractivity contribution in [1.82, 2.24) is 9.55 Å². The van der Waals surface area contributed by atoms with E-state index in [1.807, 2.05) is 18.3 Å². The van der Waals surface area contributed by atoms with Crippen LogP contribution in [0.25, 0.3) is 38.8 Å². The van der Waals surface area contributed by atoms with Crippen molar-refractivity contribution in [3.05, 3.63) is 282 Å². The summed E-state index contributed by atoms with van der Waals surface area (Å²) in [5, 5.41) is 2.22. The predicted molar refractivity (Wildman–Crippen MR) is 319 cm³/mol. The number of anilines is 4. The summed E-state index contributed by atoms with van der Waals surface area (Å²) < 4.78 is 9.05. The van der Waals surface area contributed by atoms with Crippen LogP contribution < -0.4 is 14.5 Å². The molecule has 78 heavy (non-hydrogen) atoms. The quantitative estimate of drug-likeness (QED) is 0.108. The standard InChI is InChI=1S/C72H63N4O.Pt/c1-49(2)51-38-39-73-69(42-51)76-65-35-22-21-34-61(65)62-37-36-60(45-66(62)76)77-59-33-23-32-57(44-59)74-48-75(58-41-52(50-24-13-9-14-25-50)40-56(43-58)70(3,4)53-26-15-10-16-27-53)68-47-64(72(7,8)55-30-19-12-20-31-55)63(46-67(68)74)71(5,6)54-28-17-11-18-29-54;/h9-43,46-49H,1-8H3;/q-3;. The Morgan fingerprint density at radius 3 is 1.67 bits per heavy atom. The van der Waals surface area contributed by atoms with Gasteiger partial charge in [-0.15, -0.1) is 48.1 Å². The van der Waals surface area contributed by atoms with Gasteiger partial charge in [0.2, 0.25) is 0 Å². The summed E-state index contributed by atoms with van der Waals surface area (Å²) in [5.41, 5.74) is 16.0. The van der Waals surface area contributed by atoms with E-state index in [-0.39, 0.29) is 37.3 Å². The third-order valence-electron chi connectivity index (χ3n) is 16.2. The second-order valence-electron chi connectivity index (χ2n) is 22.4. The monoisotopic (exact) mass is 1190 g/mol. The van der Waals surface area contributed by atoms with Crippen LogP contribution in [0.5, 0.6) is 11.5 Å². The van der Waals surface area contributed by atoms with Crippen LogP contribution in [0.15, 0.2) is 225 Å². The van der Waals surface area contributed by atoms with Gasteiger partial charge in [-0.25, -0.2) is 4.98 Å². The number of benzene rings is 9. The van der Waals surface area contributed by atoms with Gasteiger partial charge in [0.05, 0.1) is 0 Å². The SMILES string of the molecule is CC(C)c1ccnc(-n2c3[c-]c(Oc4[c-]c(N5[CH-]N(c6cc(-c7ccccc7)cc(C(C)(C)c7ccccc7)c6)c6cc(C(C)(C)c7ccccc7)c(C(C)(C)c7ccccc7)cc65)ccc4)ccc3c3ccccc32)c1.[Pt]. The molecule has 2 aromatic heterocycles. The molecule has 390 valence electrons. The summed E-state index contributed by atoms with van der Waals surface area (Å²) in [6.45, 7) is 20.8. The van der Waals surface area contributed by atoms with E-state index < -0.39 is 0 Å². The summed E-state index contributed by atoms with van der Waals surface area (Å²) in [6.07, 6.45) is 1.90. The first-order valence-electron chi connectivity index (χ1n) is 26.9. The molecule has 1 aliphatic heterocycles. The minimum atomic E-state index is -0.381. The molecule has 0 radical (unpaired) electrons. The average Bonchev–Trinajstić information content (AvgIpc) is 4.23. The third kappa shape index (κ3) is 9.43. The molecule has 0 saturated heterocycles. The van der Waals surface area contributed by atoms with Gasteiger partial charge in [-0.05, 0) is 104 Å². The van der Waals surface area contributed by atoms with E-state index >= 15 is 0 Å². The van der Waals surface area contributed by atoms with E-state index in [1.165, 1.54) is 38.9 Å². The maximum absolute atomic E-state index is 6.84. The zero-order chi connectivity index (χ0) is 53.1. The maximum Gasteiger partial charge on any atom is 0.135 e. The van der Waals surface area contributed by atoms with Gasteiger partial charge in [0.25, 0.3) is 0 Å². The molecule has 1 aliphatic rings. The van der Waals surface area contributed by atoms with Crippen LogP contribution in [0.1, 0.15) is 100 Å². The van der Waals surface area contributed by atoms with Gasteiger partial charge in [0, 0.05) is 77.6 Å². The first kappa shape index (κ1) is 52.1. The molecule has 0 bridgehead atoms. The first-order valence-corrected chi connectivity index (χ1v) is 26.9. The van der Waals surface area contributed by atoms with E-state index in [9.17, 15) is 0 Å². The molecule has 9 aromatic carbocycles. The van der Waals surface area contributed by atoms with Gasteiger partial charge >= 0.3 is 0 Å². The molecule has 11 aromatic rings. The third-order valence-corrected chi connectivity index (χ3v) is 16.2. The number of hydrogen-bond donors (Lipinski definition) is 0. The Morgan fingerprint density at radius 2 is 1.04 bits per heavy atom. The van der Waals surface area contributed by atoms with Crippen LogP contribution >= 0.6 is 0 Å². The topological polar surface area (TPSA) is 33.5 Å². The van der Waals surface area contributed by atoms with Gasteiger partial charge in [0.15, 0.2) is 0 Å². The Balaban J connectivity index is 0.00000645. The van der Waals surface area contributed by atoms with Gasteiger partial charge in [-0.1, -0.05) is 206 Å². The summed E-state index contributed by atoms with van der Waals surface area (Å²) in [6, 6.07) is 86.0. The Hall–Kier alpha value is -7.98. The van der Waals surface area contributed by atoms with Crippen molar-refractivity contribution in [3.8, 4) is 28.4 Å². The molecule has 5 nitrogen and oxygen atoms in total. The van der Waals surface area contributed by atoms with Crippen LogP contribution in [-0.4, -0.2) is 9.55 Å². The molecule has 0 unspecified atom stereocenters. The van der Waals surface area contributed by atoms with Gasteiger partial charge in [-0.3, -0.25) is 0 Å². The molecule has 0 N–H and O–H groups in total. The molecule has 3 heterocycles. The summed E-state index contributed by atoms with van der Waals surface area (Å²) in [5.74, 6) is 2.38. The van der Waals surface area contributed by atoms with E-state index in [0.717, 1.165) is 61.5 Å². The van der Waals surface area contributed by atoms with Gasteiger partial charge in [0.1, 0.15) is 5.82 Å². The Labute approximate surface area is 475 Å². The van der Waals surface area contributed by atoms with Crippen molar-refractivity contribution in [2.24, 2.45) is 0 Å². The summed E-state index contributed by atoms with van der Waals surface area (Å²) in [4.78, 5) is 9.57. The van der Waals surface area contributed by atoms with Crippen molar-refractivity contribution in [2.75, 3.05) is 9.80 Å². The number of fused-ring (bicyclic) bond motifs is 4. The molecular formula is C72H63N4OPt-3. The number of para-hydroxylation sites is 1. The molecule has 0 fully saturated rings. The van der Waals surface area contributed by atoms with E-state index in [0.29, 0.717) is 17.4 Å². The zero-order valence-corrected chi connectivity index (χ0v) is 47.8. The fourth-order valence-electron chi connectivity index (χ4n) is 11.4. The van der Waals surface area contributed by atoms with Crippen molar-refractivity contribution < 1.29 is 25.8 Å². The summed E-state index contributed by atoms with van der Waals surface area (Å²) >= 11 is 0. The van der Waals surface area contributed by atoms with Crippen LogP contribution in [0.2, 0.25) is 0 Å². The fraction of sp³-hybridized carbons (Fsp3) is 0.167. The first-order chi connectivity index (χ1) is 37.3. The van der Waals surface area contributed by atoms with Crippen LogP contribution in [0, 0.1) is 18.8 Å². The molecule has 0 spiro atoms. The molecule has 0 saturated carbocycles. The number of nitrogens with zero attached hydrogens (tertiary/aromatic N) is 4. The van der Waals surface area contributed by atoms with Crippen molar-refractivity contribution >= 4 is 44.6 Å².